The molecule has 4 N–H and O–H groups in total. The van der Waals surface area contributed by atoms with E-state index < -0.39 is 12.0 Å². The number of pyridine rings is 2. The second kappa shape index (κ2) is 16.0. The monoisotopic (exact) mass is 572 g/mol. The molecule has 3 aromatic heterocycles. The summed E-state index contributed by atoms with van der Waals surface area (Å²) in [5, 5.41) is 12.9. The summed E-state index contributed by atoms with van der Waals surface area (Å²) in [4.78, 5) is 56.2. The molecule has 12 heteroatoms. The van der Waals surface area contributed by atoms with Crippen LogP contribution in [0, 0.1) is 0 Å². The first-order chi connectivity index (χ1) is 19.9. The highest BCUT2D eigenvalue weighted by Gasteiger charge is 2.24. The van der Waals surface area contributed by atoms with Crippen molar-refractivity contribution >= 4 is 47.0 Å². The molecule has 42 heavy (non-hydrogen) atoms. The first-order valence-corrected chi connectivity index (χ1v) is 13.0. The molecule has 1 aromatic carbocycles. The number of hydrogen-bond acceptors (Lipinski definition) is 9. The number of nitrogens with one attached hydrogen (secondary N) is 1. The number of nitrogens with two attached hydrogens (primary N) is 1. The van der Waals surface area contributed by atoms with Crippen molar-refractivity contribution in [2.24, 2.45) is 0 Å². The lowest BCUT2D eigenvalue weighted by Crippen LogP contribution is -2.35. The SMILES string of the molecule is C.CC.CCN(C(=O)c1ccncc1)c1cncnc1N[C@@H](Cc1ccc(N(C=O)c2ncccc2N)cc1)C(=O)O. The number of benzene rings is 1. The molecule has 0 fully saturated rings. The third-order valence-electron chi connectivity index (χ3n) is 5.89. The van der Waals surface area contributed by atoms with Gasteiger partial charge in [-0.15, -0.1) is 0 Å². The van der Waals surface area contributed by atoms with Gasteiger partial charge in [0.2, 0.25) is 6.41 Å². The molecule has 3 heterocycles. The number of hydrogen-bond donors (Lipinski definition) is 3. The number of anilines is 5. The highest BCUT2D eigenvalue weighted by Crippen LogP contribution is 2.28. The van der Waals surface area contributed by atoms with E-state index in [9.17, 15) is 19.5 Å². The van der Waals surface area contributed by atoms with Crippen LogP contribution in [0.15, 0.2) is 79.6 Å². The van der Waals surface area contributed by atoms with Crippen LogP contribution in [0.1, 0.15) is 44.1 Å². The second-order valence-electron chi connectivity index (χ2n) is 8.34. The van der Waals surface area contributed by atoms with E-state index in [0.717, 1.165) is 0 Å². The number of carbonyl (C=O) groups is 3. The molecule has 0 unspecified atom stereocenters. The van der Waals surface area contributed by atoms with E-state index in [2.05, 4.69) is 25.3 Å². The van der Waals surface area contributed by atoms with Crippen molar-refractivity contribution in [1.29, 1.82) is 0 Å². The third-order valence-corrected chi connectivity index (χ3v) is 5.89. The largest absolute Gasteiger partial charge is 0.480 e. The van der Waals surface area contributed by atoms with Crippen molar-refractivity contribution in [1.82, 2.24) is 19.9 Å². The lowest BCUT2D eigenvalue weighted by Gasteiger charge is -2.24. The Morgan fingerprint density at radius 2 is 1.71 bits per heavy atom. The maximum absolute atomic E-state index is 13.1. The van der Waals surface area contributed by atoms with Crippen LogP contribution in [0.25, 0.3) is 0 Å². The van der Waals surface area contributed by atoms with Gasteiger partial charge in [-0.2, -0.15) is 0 Å². The molecule has 4 aromatic rings. The first-order valence-electron chi connectivity index (χ1n) is 13.0. The Hall–Kier alpha value is -5.39. The van der Waals surface area contributed by atoms with Crippen LogP contribution in [0.3, 0.4) is 0 Å². The molecule has 0 aliphatic heterocycles. The lowest BCUT2D eigenvalue weighted by atomic mass is 10.1. The maximum Gasteiger partial charge on any atom is 0.326 e. The number of carbonyl (C=O) groups excluding carboxylic acids is 2. The van der Waals surface area contributed by atoms with Crippen molar-refractivity contribution < 1.29 is 19.5 Å². The minimum atomic E-state index is -1.11. The topological polar surface area (TPSA) is 168 Å². The average molecular weight is 573 g/mol. The van der Waals surface area contributed by atoms with Gasteiger partial charge in [0.1, 0.15) is 18.1 Å². The molecule has 4 rings (SSSR count). The molecule has 220 valence electrons. The Bertz CT molecular complexity index is 1450. The molecule has 0 spiro atoms. The summed E-state index contributed by atoms with van der Waals surface area (Å²) in [6.45, 7) is 6.10. The Kier molecular flexibility index (Phi) is 12.5. The number of aromatic nitrogens is 4. The van der Waals surface area contributed by atoms with Crippen molar-refractivity contribution in [3.05, 3.63) is 90.8 Å². The van der Waals surface area contributed by atoms with Crippen molar-refractivity contribution in [3.8, 4) is 0 Å². The highest BCUT2D eigenvalue weighted by molar-refractivity contribution is 6.07. The molecule has 2 amide bonds. The number of amides is 2. The molecule has 12 nitrogen and oxygen atoms in total. The smallest absolute Gasteiger partial charge is 0.326 e. The summed E-state index contributed by atoms with van der Waals surface area (Å²) >= 11 is 0. The summed E-state index contributed by atoms with van der Waals surface area (Å²) in [6.07, 6.45) is 8.02. The standard InChI is InChI=1S/C27H26N8O4.C2H6.CH4/c1-2-34(26(37)19-9-12-29-13-10-19)23-15-30-16-32-24(23)33-22(27(38)39)14-18-5-7-20(8-6-18)35(17-36)25-21(28)4-3-11-31-25;1-2;/h3-13,15-17,22H,2,14,28H2,1H3,(H,38,39)(H,30,32,33);1-2H3;1H4/t22-;;/m0../s1. The van der Waals surface area contributed by atoms with E-state index in [1.54, 1.807) is 55.5 Å². The average Bonchev–Trinajstić information content (AvgIpc) is 3.01. The van der Waals surface area contributed by atoms with Crippen LogP contribution in [-0.2, 0) is 16.0 Å². The van der Waals surface area contributed by atoms with Gasteiger partial charge < -0.3 is 21.1 Å². The van der Waals surface area contributed by atoms with E-state index in [1.165, 1.54) is 40.9 Å². The predicted octanol–water partition coefficient (Wildman–Crippen LogP) is 4.58. The van der Waals surface area contributed by atoms with Gasteiger partial charge in [-0.3, -0.25) is 19.5 Å². The molecule has 0 bridgehead atoms. The van der Waals surface area contributed by atoms with Crippen LogP contribution < -0.4 is 20.9 Å². The minimum absolute atomic E-state index is 0. The zero-order valence-corrected chi connectivity index (χ0v) is 23.0. The first kappa shape index (κ1) is 32.8. The number of nitrogens with zero attached hydrogens (tertiary/aromatic N) is 6. The molecule has 0 saturated carbocycles. The summed E-state index contributed by atoms with van der Waals surface area (Å²) in [5.74, 6) is -0.907. The van der Waals surface area contributed by atoms with E-state index in [-0.39, 0.29) is 25.6 Å². The maximum atomic E-state index is 13.1. The van der Waals surface area contributed by atoms with Crippen molar-refractivity contribution in [2.45, 2.75) is 40.7 Å². The molecule has 0 radical (unpaired) electrons. The quantitative estimate of drug-likeness (QED) is 0.216. The van der Waals surface area contributed by atoms with Gasteiger partial charge >= 0.3 is 5.97 Å². The number of rotatable bonds is 11. The van der Waals surface area contributed by atoms with Gasteiger partial charge in [-0.1, -0.05) is 33.4 Å². The number of aliphatic carboxylic acids is 1. The normalized spacial score (nSPS) is 10.6. The summed E-state index contributed by atoms with van der Waals surface area (Å²) < 4.78 is 0. The van der Waals surface area contributed by atoms with Gasteiger partial charge in [0.05, 0.1) is 17.6 Å². The predicted molar refractivity (Wildman–Crippen MR) is 164 cm³/mol. The van der Waals surface area contributed by atoms with Crippen molar-refractivity contribution in [3.63, 3.8) is 0 Å². The van der Waals surface area contributed by atoms with Crippen LogP contribution >= 0.6 is 0 Å². The van der Waals surface area contributed by atoms with Crippen molar-refractivity contribution in [2.75, 3.05) is 27.4 Å². The Labute approximate surface area is 245 Å². The number of nitrogen functional groups attached to an aromatic ring is 1. The fourth-order valence-electron chi connectivity index (χ4n) is 3.94. The van der Waals surface area contributed by atoms with E-state index in [0.29, 0.717) is 47.0 Å². The Balaban J connectivity index is 0.00000201. The molecule has 0 aliphatic carbocycles. The highest BCUT2D eigenvalue weighted by atomic mass is 16.4. The van der Waals surface area contributed by atoms with Gasteiger partial charge in [0, 0.05) is 37.1 Å². The molecular formula is C30H36N8O4. The Morgan fingerprint density at radius 1 is 1.02 bits per heavy atom. The van der Waals surface area contributed by atoms with Gasteiger partial charge in [-0.05, 0) is 48.9 Å². The van der Waals surface area contributed by atoms with Crippen LogP contribution in [0.4, 0.5) is 28.7 Å². The van der Waals surface area contributed by atoms with E-state index >= 15 is 0 Å². The molecule has 1 atom stereocenters. The van der Waals surface area contributed by atoms with Gasteiger partial charge in [-0.25, -0.2) is 19.7 Å². The van der Waals surface area contributed by atoms with E-state index in [1.807, 2.05) is 13.8 Å². The molecular weight excluding hydrogens is 536 g/mol. The fourth-order valence-corrected chi connectivity index (χ4v) is 3.94. The lowest BCUT2D eigenvalue weighted by molar-refractivity contribution is -0.137. The minimum Gasteiger partial charge on any atom is -0.480 e. The number of carboxylic acids is 1. The summed E-state index contributed by atoms with van der Waals surface area (Å²) in [7, 11) is 0. The summed E-state index contributed by atoms with van der Waals surface area (Å²) in [6, 6.07) is 12.2. The zero-order chi connectivity index (χ0) is 29.8. The third kappa shape index (κ3) is 7.84. The summed E-state index contributed by atoms with van der Waals surface area (Å²) in [5.41, 5.74) is 8.28. The van der Waals surface area contributed by atoms with Crippen LogP contribution in [-0.4, -0.2) is 55.9 Å². The molecule has 0 saturated heterocycles. The fraction of sp³-hybridized carbons (Fsp3) is 0.233. The zero-order valence-electron chi connectivity index (χ0n) is 23.0. The van der Waals surface area contributed by atoms with Gasteiger partial charge in [0.15, 0.2) is 11.6 Å². The Morgan fingerprint density at radius 3 is 2.31 bits per heavy atom. The van der Waals surface area contributed by atoms with Gasteiger partial charge in [0.25, 0.3) is 5.91 Å². The molecule has 0 aliphatic rings. The van der Waals surface area contributed by atoms with E-state index in [4.69, 9.17) is 5.73 Å². The van der Waals surface area contributed by atoms with Crippen LogP contribution in [0.2, 0.25) is 0 Å². The second-order valence-corrected chi connectivity index (χ2v) is 8.34. The van der Waals surface area contributed by atoms with Crippen LogP contribution in [0.5, 0.6) is 0 Å². The number of carboxylic acid groups (broad SMARTS) is 1.